The maximum Gasteiger partial charge on any atom is 0.274 e. The van der Waals surface area contributed by atoms with E-state index < -0.39 is 8.32 Å². The van der Waals surface area contributed by atoms with E-state index in [0.717, 1.165) is 85.9 Å². The van der Waals surface area contributed by atoms with Gasteiger partial charge in [0.15, 0.2) is 8.32 Å². The molecule has 0 atom stereocenters. The van der Waals surface area contributed by atoms with Crippen LogP contribution < -0.4 is 10.2 Å². The summed E-state index contributed by atoms with van der Waals surface area (Å²) in [5.41, 5.74) is 3.89. The van der Waals surface area contributed by atoms with Crippen molar-refractivity contribution in [3.8, 4) is 0 Å². The van der Waals surface area contributed by atoms with Gasteiger partial charge in [-0.15, -0.1) is 0 Å². The lowest BCUT2D eigenvalue weighted by atomic mass is 9.87. The lowest BCUT2D eigenvalue weighted by molar-refractivity contribution is -0.112. The van der Waals surface area contributed by atoms with Gasteiger partial charge in [-0.2, -0.15) is 5.10 Å². The summed E-state index contributed by atoms with van der Waals surface area (Å²) in [6, 6.07) is 9.96. The number of nitrogens with zero attached hydrogens (tertiary/aromatic N) is 4. The van der Waals surface area contributed by atoms with E-state index in [1.54, 1.807) is 6.07 Å². The van der Waals surface area contributed by atoms with Crippen LogP contribution in [0.5, 0.6) is 0 Å². The second-order valence-electron chi connectivity index (χ2n) is 13.4. The van der Waals surface area contributed by atoms with E-state index in [0.29, 0.717) is 11.7 Å². The van der Waals surface area contributed by atoms with Crippen LogP contribution in [0.1, 0.15) is 81.5 Å². The highest BCUT2D eigenvalue weighted by Crippen LogP contribution is 2.40. The predicted octanol–water partition coefficient (Wildman–Crippen LogP) is 6.91. The van der Waals surface area contributed by atoms with Crippen molar-refractivity contribution in [1.82, 2.24) is 14.8 Å². The molecule has 2 aliphatic rings. The summed E-state index contributed by atoms with van der Waals surface area (Å²) < 4.78 is 8.82. The number of aldehydes is 1. The Balaban J connectivity index is 1.41. The van der Waals surface area contributed by atoms with Crippen molar-refractivity contribution < 1.29 is 14.0 Å². The molecule has 3 heterocycles. The quantitative estimate of drug-likeness (QED) is 0.243. The summed E-state index contributed by atoms with van der Waals surface area (Å²) in [5, 5.41) is 9.33. The minimum atomic E-state index is -1.84. The predicted molar refractivity (Wildman–Crippen MR) is 167 cm³/mol. The van der Waals surface area contributed by atoms with Gasteiger partial charge >= 0.3 is 0 Å². The SMILES string of the molecule is Cc1cccc(C(=O)Nc2cc3cn([C@H]4CC[C@H](C=O)CC4)nc3cc2N2CCC(O[Si](C)(C)C(C)(C)C)CC2)n1. The zero-order valence-corrected chi connectivity index (χ0v) is 26.4. The first-order valence-corrected chi connectivity index (χ1v) is 18.0. The van der Waals surface area contributed by atoms with Crippen LogP contribution in [-0.2, 0) is 9.22 Å². The van der Waals surface area contributed by atoms with Crippen molar-refractivity contribution in [3.05, 3.63) is 47.9 Å². The van der Waals surface area contributed by atoms with Gasteiger partial charge in [0.05, 0.1) is 22.9 Å². The first kappa shape index (κ1) is 29.4. The van der Waals surface area contributed by atoms with Crippen molar-refractivity contribution in [3.63, 3.8) is 0 Å². The van der Waals surface area contributed by atoms with Crippen LogP contribution >= 0.6 is 0 Å². The van der Waals surface area contributed by atoms with Crippen LogP contribution in [0.4, 0.5) is 11.4 Å². The Morgan fingerprint density at radius 3 is 2.41 bits per heavy atom. The average molecular weight is 576 g/mol. The number of aromatic nitrogens is 3. The Morgan fingerprint density at radius 2 is 1.78 bits per heavy atom. The largest absolute Gasteiger partial charge is 0.414 e. The maximum absolute atomic E-state index is 13.3. The van der Waals surface area contributed by atoms with Gasteiger partial charge < -0.3 is 19.4 Å². The molecule has 0 bridgehead atoms. The minimum Gasteiger partial charge on any atom is -0.414 e. The van der Waals surface area contributed by atoms with Crippen molar-refractivity contribution in [1.29, 1.82) is 0 Å². The zero-order valence-electron chi connectivity index (χ0n) is 25.4. The first-order chi connectivity index (χ1) is 19.4. The number of hydrogen-bond acceptors (Lipinski definition) is 6. The van der Waals surface area contributed by atoms with Crippen molar-refractivity contribution >= 4 is 42.8 Å². The van der Waals surface area contributed by atoms with Crippen LogP contribution in [0, 0.1) is 12.8 Å². The van der Waals surface area contributed by atoms with Gasteiger partial charge in [0, 0.05) is 42.4 Å². The molecule has 1 aromatic carbocycles. The molecule has 220 valence electrons. The summed E-state index contributed by atoms with van der Waals surface area (Å²) in [7, 11) is -1.84. The molecule has 0 radical (unpaired) electrons. The number of amides is 1. The second-order valence-corrected chi connectivity index (χ2v) is 18.2. The molecule has 1 saturated carbocycles. The van der Waals surface area contributed by atoms with Crippen molar-refractivity contribution in [2.24, 2.45) is 5.92 Å². The molecule has 0 unspecified atom stereocenters. The number of carbonyl (C=O) groups excluding carboxylic acids is 2. The number of aryl methyl sites for hydroxylation is 1. The van der Waals surface area contributed by atoms with E-state index in [1.807, 2.05) is 19.1 Å². The fourth-order valence-corrected chi connectivity index (χ4v) is 7.22. The molecule has 2 aromatic heterocycles. The number of carbonyl (C=O) groups is 2. The fourth-order valence-electron chi connectivity index (χ4n) is 5.79. The van der Waals surface area contributed by atoms with Crippen LogP contribution in [0.25, 0.3) is 10.9 Å². The van der Waals surface area contributed by atoms with Gasteiger partial charge in [-0.25, -0.2) is 4.98 Å². The third-order valence-electron chi connectivity index (χ3n) is 9.37. The lowest BCUT2D eigenvalue weighted by Gasteiger charge is -2.42. The van der Waals surface area contributed by atoms with Crippen LogP contribution in [-0.4, -0.2) is 54.5 Å². The molecule has 5 rings (SSSR count). The number of benzene rings is 1. The third kappa shape index (κ3) is 6.56. The first-order valence-electron chi connectivity index (χ1n) is 15.1. The summed E-state index contributed by atoms with van der Waals surface area (Å²) in [5.74, 6) is -0.0477. The molecular formula is C32H45N5O3Si. The molecule has 3 aromatic rings. The van der Waals surface area contributed by atoms with Gasteiger partial charge in [0.25, 0.3) is 5.91 Å². The normalized spacial score (nSPS) is 20.8. The average Bonchev–Trinajstić information content (AvgIpc) is 3.35. The van der Waals surface area contributed by atoms with Gasteiger partial charge in [0.2, 0.25) is 0 Å². The number of pyridine rings is 1. The molecule has 2 fully saturated rings. The molecule has 41 heavy (non-hydrogen) atoms. The highest BCUT2D eigenvalue weighted by atomic mass is 28.4. The third-order valence-corrected chi connectivity index (χ3v) is 13.9. The fraction of sp³-hybridized carbons (Fsp3) is 0.562. The Morgan fingerprint density at radius 1 is 1.07 bits per heavy atom. The minimum absolute atomic E-state index is 0.170. The van der Waals surface area contributed by atoms with Gasteiger partial charge in [-0.3, -0.25) is 9.48 Å². The Labute approximate surface area is 245 Å². The monoisotopic (exact) mass is 575 g/mol. The molecular weight excluding hydrogens is 530 g/mol. The highest BCUT2D eigenvalue weighted by Gasteiger charge is 2.40. The Bertz CT molecular complexity index is 1400. The molecule has 1 saturated heterocycles. The van der Waals surface area contributed by atoms with Crippen LogP contribution in [0.3, 0.4) is 0 Å². The summed E-state index contributed by atoms with van der Waals surface area (Å²) in [6.07, 6.45) is 9.07. The summed E-state index contributed by atoms with van der Waals surface area (Å²) >= 11 is 0. The van der Waals surface area contributed by atoms with E-state index in [4.69, 9.17) is 9.52 Å². The summed E-state index contributed by atoms with van der Waals surface area (Å²) in [6.45, 7) is 15.1. The smallest absolute Gasteiger partial charge is 0.274 e. The Kier molecular flexibility index (Phi) is 8.39. The van der Waals surface area contributed by atoms with Crippen molar-refractivity contribution in [2.75, 3.05) is 23.3 Å². The van der Waals surface area contributed by atoms with E-state index in [9.17, 15) is 9.59 Å². The van der Waals surface area contributed by atoms with E-state index in [2.05, 4.69) is 72.1 Å². The molecule has 9 heteroatoms. The Hall–Kier alpha value is -3.04. The number of piperidine rings is 1. The van der Waals surface area contributed by atoms with Gasteiger partial charge in [0.1, 0.15) is 12.0 Å². The van der Waals surface area contributed by atoms with Gasteiger partial charge in [-0.05, 0) is 87.8 Å². The number of anilines is 2. The summed E-state index contributed by atoms with van der Waals surface area (Å²) in [4.78, 5) is 31.3. The molecule has 1 N–H and O–H groups in total. The second kappa shape index (κ2) is 11.7. The molecule has 1 aliphatic heterocycles. The standard InChI is InChI=1S/C32H45N5O3Si/c1-22-8-7-9-27(33-22)31(39)34-29-18-24-20-37(25-12-10-23(21-38)11-13-25)35-28(24)19-30(29)36-16-14-26(15-17-36)40-41(5,6)32(2,3)4/h7-9,18-21,23,25-26H,10-17H2,1-6H3,(H,34,39)/t23-,25-. The molecule has 0 spiro atoms. The zero-order chi connectivity index (χ0) is 29.4. The number of hydrogen-bond donors (Lipinski definition) is 1. The molecule has 8 nitrogen and oxygen atoms in total. The topological polar surface area (TPSA) is 89.4 Å². The molecule has 1 amide bonds. The van der Waals surface area contributed by atoms with Crippen LogP contribution in [0.2, 0.25) is 18.1 Å². The number of rotatable bonds is 7. The van der Waals surface area contributed by atoms with E-state index in [-0.39, 0.29) is 23.0 Å². The molecule has 1 aliphatic carbocycles. The van der Waals surface area contributed by atoms with E-state index in [1.165, 1.54) is 0 Å². The van der Waals surface area contributed by atoms with Gasteiger partial charge in [-0.1, -0.05) is 26.8 Å². The lowest BCUT2D eigenvalue weighted by Crippen LogP contribution is -2.47. The van der Waals surface area contributed by atoms with Crippen molar-refractivity contribution in [2.45, 2.75) is 96.5 Å². The van der Waals surface area contributed by atoms with E-state index >= 15 is 0 Å². The maximum atomic E-state index is 13.3. The number of fused-ring (bicyclic) bond motifs is 1. The highest BCUT2D eigenvalue weighted by molar-refractivity contribution is 6.74. The number of nitrogens with one attached hydrogen (secondary N) is 1. The van der Waals surface area contributed by atoms with Crippen LogP contribution in [0.15, 0.2) is 36.5 Å².